The first-order chi connectivity index (χ1) is 14.1. The third kappa shape index (κ3) is 5.31. The second-order valence-electron chi connectivity index (χ2n) is 7.05. The number of benzene rings is 1. The van der Waals surface area contributed by atoms with Crippen LogP contribution < -0.4 is 10.1 Å². The summed E-state index contributed by atoms with van der Waals surface area (Å²) in [5, 5.41) is 3.37. The zero-order valence-corrected chi connectivity index (χ0v) is 17.5. The summed E-state index contributed by atoms with van der Waals surface area (Å²) in [5.41, 5.74) is 2.34. The predicted octanol–water partition coefficient (Wildman–Crippen LogP) is 2.56. The molecule has 29 heavy (non-hydrogen) atoms. The monoisotopic (exact) mass is 398 g/mol. The molecule has 1 amide bonds. The number of nitrogens with zero attached hydrogens (tertiary/aromatic N) is 3. The largest absolute Gasteiger partial charge is 0.496 e. The van der Waals surface area contributed by atoms with Crippen LogP contribution in [-0.2, 0) is 6.42 Å². The van der Waals surface area contributed by atoms with Crippen LogP contribution in [0.15, 0.2) is 46.0 Å². The molecule has 7 heteroatoms. The molecule has 0 saturated carbocycles. The summed E-state index contributed by atoms with van der Waals surface area (Å²) >= 11 is 0. The molecule has 156 valence electrons. The molecule has 1 aliphatic heterocycles. The van der Waals surface area contributed by atoms with Crippen LogP contribution in [0.5, 0.6) is 5.75 Å². The lowest BCUT2D eigenvalue weighted by Crippen LogP contribution is -2.53. The van der Waals surface area contributed by atoms with E-state index in [4.69, 9.17) is 14.1 Å². The van der Waals surface area contributed by atoms with E-state index in [9.17, 15) is 4.79 Å². The Morgan fingerprint density at radius 1 is 1.21 bits per heavy atom. The smallest absolute Gasteiger partial charge is 0.289 e. The lowest BCUT2D eigenvalue weighted by molar-refractivity contribution is 0.0657. The molecule has 3 rings (SSSR count). The Bertz CT molecular complexity index is 825. The van der Waals surface area contributed by atoms with Crippen molar-refractivity contribution in [3.05, 3.63) is 53.5 Å². The van der Waals surface area contributed by atoms with Gasteiger partial charge in [-0.2, -0.15) is 0 Å². The number of ether oxygens (including phenoxy) is 1. The van der Waals surface area contributed by atoms with Crippen LogP contribution >= 0.6 is 0 Å². The fraction of sp³-hybridized carbons (Fsp3) is 0.455. The summed E-state index contributed by atoms with van der Waals surface area (Å²) in [6.07, 6.45) is 2.38. The van der Waals surface area contributed by atoms with Crippen molar-refractivity contribution in [1.29, 1.82) is 0 Å². The number of nitrogens with one attached hydrogen (secondary N) is 1. The lowest BCUT2D eigenvalue weighted by atomic mass is 10.1. The maximum absolute atomic E-state index is 12.4. The molecule has 1 N–H and O–H groups in total. The molecule has 1 saturated heterocycles. The van der Waals surface area contributed by atoms with Crippen LogP contribution in [0, 0.1) is 6.92 Å². The van der Waals surface area contributed by atoms with E-state index in [2.05, 4.69) is 35.3 Å². The highest BCUT2D eigenvalue weighted by Gasteiger charge is 2.25. The standard InChI is InChI=1S/C22H30N4O3/c1-4-23-22(24-10-9-18-8-7-17(2)20(16-18)28-3)26-13-11-25(12-14-26)21(27)19-6-5-15-29-19/h5-8,15-16H,4,9-14H2,1-3H3,(H,23,24). The second-order valence-corrected chi connectivity index (χ2v) is 7.05. The van der Waals surface area contributed by atoms with Crippen molar-refractivity contribution in [3.8, 4) is 5.75 Å². The summed E-state index contributed by atoms with van der Waals surface area (Å²) < 4.78 is 10.6. The first kappa shape index (κ1) is 20.8. The van der Waals surface area contributed by atoms with E-state index in [1.165, 1.54) is 11.8 Å². The van der Waals surface area contributed by atoms with Crippen molar-refractivity contribution in [3.63, 3.8) is 0 Å². The quantitative estimate of drug-likeness (QED) is 0.598. The molecular weight excluding hydrogens is 368 g/mol. The second kappa shape index (κ2) is 10.0. The van der Waals surface area contributed by atoms with E-state index in [0.717, 1.165) is 43.3 Å². The number of hydrogen-bond acceptors (Lipinski definition) is 4. The highest BCUT2D eigenvalue weighted by molar-refractivity contribution is 5.91. The number of aliphatic imine (C=N–C) groups is 1. The van der Waals surface area contributed by atoms with E-state index >= 15 is 0 Å². The van der Waals surface area contributed by atoms with Gasteiger partial charge in [-0.3, -0.25) is 9.79 Å². The van der Waals surface area contributed by atoms with E-state index in [-0.39, 0.29) is 5.91 Å². The van der Waals surface area contributed by atoms with Gasteiger partial charge in [0, 0.05) is 39.3 Å². The Hall–Kier alpha value is -2.96. The Kier molecular flexibility index (Phi) is 7.16. The third-order valence-corrected chi connectivity index (χ3v) is 5.07. The van der Waals surface area contributed by atoms with Crippen LogP contribution in [0.2, 0.25) is 0 Å². The van der Waals surface area contributed by atoms with Crippen LogP contribution in [0.25, 0.3) is 0 Å². The first-order valence-electron chi connectivity index (χ1n) is 10.1. The van der Waals surface area contributed by atoms with Gasteiger partial charge in [-0.25, -0.2) is 0 Å². The maximum atomic E-state index is 12.4. The number of guanidine groups is 1. The molecule has 2 heterocycles. The number of amides is 1. The van der Waals surface area contributed by atoms with E-state index < -0.39 is 0 Å². The van der Waals surface area contributed by atoms with Crippen LogP contribution in [0.1, 0.15) is 28.6 Å². The average molecular weight is 399 g/mol. The Morgan fingerprint density at radius 3 is 2.62 bits per heavy atom. The van der Waals surface area contributed by atoms with E-state index in [0.29, 0.717) is 25.4 Å². The molecule has 1 aliphatic rings. The van der Waals surface area contributed by atoms with Crippen LogP contribution in [0.3, 0.4) is 0 Å². The molecule has 1 aromatic heterocycles. The molecule has 0 bridgehead atoms. The SMILES string of the molecule is CCNC(=NCCc1ccc(C)c(OC)c1)N1CCN(C(=O)c2ccco2)CC1. The van der Waals surface area contributed by atoms with Gasteiger partial charge < -0.3 is 24.3 Å². The minimum atomic E-state index is -0.0510. The molecule has 0 unspecified atom stereocenters. The van der Waals surface area contributed by atoms with Gasteiger partial charge in [0.25, 0.3) is 5.91 Å². The zero-order chi connectivity index (χ0) is 20.6. The van der Waals surface area contributed by atoms with Gasteiger partial charge in [0.2, 0.25) is 0 Å². The third-order valence-electron chi connectivity index (χ3n) is 5.07. The van der Waals surface area contributed by atoms with E-state index in [1.807, 2.05) is 11.8 Å². The summed E-state index contributed by atoms with van der Waals surface area (Å²) in [6, 6.07) is 9.73. The molecule has 0 atom stereocenters. The fourth-order valence-electron chi connectivity index (χ4n) is 3.41. The summed E-state index contributed by atoms with van der Waals surface area (Å²) in [5.74, 6) is 2.16. The van der Waals surface area contributed by atoms with Gasteiger partial charge in [0.1, 0.15) is 5.75 Å². The van der Waals surface area contributed by atoms with Crippen molar-refractivity contribution < 1.29 is 13.9 Å². The molecule has 1 fully saturated rings. The summed E-state index contributed by atoms with van der Waals surface area (Å²) in [7, 11) is 1.70. The maximum Gasteiger partial charge on any atom is 0.289 e. The number of rotatable bonds is 6. The van der Waals surface area contributed by atoms with Crippen molar-refractivity contribution in [2.24, 2.45) is 4.99 Å². The minimum absolute atomic E-state index is 0.0510. The normalized spacial score (nSPS) is 14.8. The van der Waals surface area contributed by atoms with Crippen molar-refractivity contribution >= 4 is 11.9 Å². The van der Waals surface area contributed by atoms with Gasteiger partial charge in [0.15, 0.2) is 11.7 Å². The highest BCUT2D eigenvalue weighted by Crippen LogP contribution is 2.19. The van der Waals surface area contributed by atoms with Crippen molar-refractivity contribution in [1.82, 2.24) is 15.1 Å². The number of carbonyl (C=O) groups is 1. The number of carbonyl (C=O) groups excluding carboxylic acids is 1. The number of aryl methyl sites for hydroxylation is 1. The van der Waals surface area contributed by atoms with Gasteiger partial charge in [-0.15, -0.1) is 0 Å². The number of piperazine rings is 1. The minimum Gasteiger partial charge on any atom is -0.496 e. The Labute approximate surface area is 172 Å². The number of methoxy groups -OCH3 is 1. The summed E-state index contributed by atoms with van der Waals surface area (Å²) in [6.45, 7) is 8.41. The first-order valence-corrected chi connectivity index (χ1v) is 10.1. The predicted molar refractivity (Wildman–Crippen MR) is 114 cm³/mol. The van der Waals surface area contributed by atoms with Gasteiger partial charge >= 0.3 is 0 Å². The number of hydrogen-bond donors (Lipinski definition) is 1. The lowest BCUT2D eigenvalue weighted by Gasteiger charge is -2.36. The molecule has 0 radical (unpaired) electrons. The Morgan fingerprint density at radius 2 is 1.97 bits per heavy atom. The topological polar surface area (TPSA) is 70.3 Å². The highest BCUT2D eigenvalue weighted by atomic mass is 16.5. The molecule has 0 aliphatic carbocycles. The number of furan rings is 1. The Balaban J connectivity index is 1.56. The molecule has 7 nitrogen and oxygen atoms in total. The van der Waals surface area contributed by atoms with Crippen molar-refractivity contribution in [2.75, 3.05) is 46.4 Å². The van der Waals surface area contributed by atoms with Crippen molar-refractivity contribution in [2.45, 2.75) is 20.3 Å². The average Bonchev–Trinajstić information content (AvgIpc) is 3.29. The van der Waals surface area contributed by atoms with E-state index in [1.54, 1.807) is 19.2 Å². The molecule has 0 spiro atoms. The molecule has 1 aromatic carbocycles. The van der Waals surface area contributed by atoms with Crippen LogP contribution in [-0.4, -0.2) is 68.0 Å². The van der Waals surface area contributed by atoms with Gasteiger partial charge in [0.05, 0.1) is 13.4 Å². The van der Waals surface area contributed by atoms with Crippen LogP contribution in [0.4, 0.5) is 0 Å². The zero-order valence-electron chi connectivity index (χ0n) is 17.5. The summed E-state index contributed by atoms with van der Waals surface area (Å²) in [4.78, 5) is 21.3. The van der Waals surface area contributed by atoms with Gasteiger partial charge in [-0.05, 0) is 49.6 Å². The fourth-order valence-corrected chi connectivity index (χ4v) is 3.41. The molecule has 2 aromatic rings. The van der Waals surface area contributed by atoms with Gasteiger partial charge in [-0.1, -0.05) is 12.1 Å². The molecular formula is C22H30N4O3.